The lowest BCUT2D eigenvalue weighted by molar-refractivity contribution is 1.05. The van der Waals surface area contributed by atoms with E-state index in [4.69, 9.17) is 0 Å². The topological polar surface area (TPSA) is 40.7 Å². The first kappa shape index (κ1) is 17.5. The molecule has 0 aliphatic heterocycles. The first-order chi connectivity index (χ1) is 14.8. The summed E-state index contributed by atoms with van der Waals surface area (Å²) in [6.45, 7) is 0. The maximum Gasteiger partial charge on any atom is 0.117 e. The molecule has 0 saturated heterocycles. The molecule has 1 saturated carbocycles. The van der Waals surface area contributed by atoms with Crippen molar-refractivity contribution in [1.29, 1.82) is 0 Å². The monoisotopic (exact) mass is 407 g/mol. The molecule has 2 unspecified atom stereocenters. The van der Waals surface area contributed by atoms with E-state index in [9.17, 15) is 0 Å². The van der Waals surface area contributed by atoms with Gasteiger partial charge in [0.25, 0.3) is 0 Å². The number of thiazole rings is 1. The van der Waals surface area contributed by atoms with Gasteiger partial charge in [-0.25, -0.2) is 4.98 Å². The van der Waals surface area contributed by atoms with Crippen LogP contribution in [0.3, 0.4) is 0 Å². The molecule has 0 bridgehead atoms. The SMILES string of the molecule is C(=Cc1nc2ccccc2s1)c1ccc(NC2CC2c2c[nH]c3ccccc23)cc1. The average Bonchev–Trinajstić information content (AvgIpc) is 3.22. The second-order valence-electron chi connectivity index (χ2n) is 7.86. The van der Waals surface area contributed by atoms with Gasteiger partial charge in [0, 0.05) is 34.7 Å². The fraction of sp³-hybridized carbons (Fsp3) is 0.115. The van der Waals surface area contributed by atoms with E-state index in [0.29, 0.717) is 12.0 Å². The number of benzene rings is 3. The highest BCUT2D eigenvalue weighted by atomic mass is 32.1. The van der Waals surface area contributed by atoms with Crippen LogP contribution in [-0.2, 0) is 0 Å². The summed E-state index contributed by atoms with van der Waals surface area (Å²) >= 11 is 1.72. The highest BCUT2D eigenvalue weighted by Crippen LogP contribution is 2.45. The summed E-state index contributed by atoms with van der Waals surface area (Å²) < 4.78 is 1.23. The third kappa shape index (κ3) is 3.29. The Morgan fingerprint density at radius 1 is 0.933 bits per heavy atom. The number of aromatic amines is 1. The molecule has 146 valence electrons. The van der Waals surface area contributed by atoms with Gasteiger partial charge in [-0.1, -0.05) is 48.5 Å². The molecule has 2 atom stereocenters. The van der Waals surface area contributed by atoms with Crippen LogP contribution in [0, 0.1) is 0 Å². The zero-order valence-electron chi connectivity index (χ0n) is 16.4. The summed E-state index contributed by atoms with van der Waals surface area (Å²) in [5.41, 5.74) is 6.08. The zero-order valence-corrected chi connectivity index (χ0v) is 17.2. The molecule has 0 amide bonds. The fourth-order valence-corrected chi connectivity index (χ4v) is 5.00. The summed E-state index contributed by atoms with van der Waals surface area (Å²) in [5.74, 6) is 0.583. The maximum atomic E-state index is 4.66. The fourth-order valence-electron chi connectivity index (χ4n) is 4.13. The van der Waals surface area contributed by atoms with E-state index < -0.39 is 0 Å². The molecule has 0 radical (unpaired) electrons. The molecule has 5 aromatic rings. The Morgan fingerprint density at radius 3 is 2.67 bits per heavy atom. The Hall–Kier alpha value is -3.37. The van der Waals surface area contributed by atoms with Gasteiger partial charge in [0.05, 0.1) is 10.2 Å². The van der Waals surface area contributed by atoms with Crippen LogP contribution in [-0.4, -0.2) is 16.0 Å². The Kier molecular flexibility index (Phi) is 4.17. The van der Waals surface area contributed by atoms with E-state index in [1.807, 2.05) is 6.07 Å². The first-order valence-electron chi connectivity index (χ1n) is 10.3. The Labute approximate surface area is 179 Å². The van der Waals surface area contributed by atoms with Gasteiger partial charge in [-0.05, 0) is 54.0 Å². The van der Waals surface area contributed by atoms with E-state index in [-0.39, 0.29) is 0 Å². The molecular weight excluding hydrogens is 386 g/mol. The van der Waals surface area contributed by atoms with Crippen LogP contribution in [0.5, 0.6) is 0 Å². The Morgan fingerprint density at radius 2 is 1.77 bits per heavy atom. The Balaban J connectivity index is 1.12. The second-order valence-corrected chi connectivity index (χ2v) is 8.92. The van der Waals surface area contributed by atoms with Gasteiger partial charge in [-0.3, -0.25) is 0 Å². The van der Waals surface area contributed by atoms with Crippen LogP contribution in [0.15, 0.2) is 79.0 Å². The van der Waals surface area contributed by atoms with Crippen LogP contribution in [0.2, 0.25) is 0 Å². The molecule has 1 aliphatic rings. The van der Waals surface area contributed by atoms with Gasteiger partial charge in [-0.15, -0.1) is 11.3 Å². The van der Waals surface area contributed by atoms with Gasteiger partial charge in [0.2, 0.25) is 0 Å². The van der Waals surface area contributed by atoms with E-state index in [1.165, 1.54) is 38.8 Å². The minimum absolute atomic E-state index is 0.508. The number of nitrogens with one attached hydrogen (secondary N) is 2. The van der Waals surface area contributed by atoms with Crippen molar-refractivity contribution in [2.75, 3.05) is 5.32 Å². The summed E-state index contributed by atoms with van der Waals surface area (Å²) in [4.78, 5) is 8.06. The van der Waals surface area contributed by atoms with E-state index >= 15 is 0 Å². The number of hydrogen-bond acceptors (Lipinski definition) is 3. The molecule has 3 nitrogen and oxygen atoms in total. The molecule has 2 N–H and O–H groups in total. The van der Waals surface area contributed by atoms with Crippen LogP contribution in [0.4, 0.5) is 5.69 Å². The number of hydrogen-bond donors (Lipinski definition) is 2. The van der Waals surface area contributed by atoms with Crippen molar-refractivity contribution < 1.29 is 0 Å². The number of nitrogens with zero attached hydrogens (tertiary/aromatic N) is 1. The van der Waals surface area contributed by atoms with Gasteiger partial charge >= 0.3 is 0 Å². The molecule has 2 aromatic heterocycles. The highest BCUT2D eigenvalue weighted by Gasteiger charge is 2.39. The molecule has 1 aliphatic carbocycles. The van der Waals surface area contributed by atoms with Gasteiger partial charge < -0.3 is 10.3 Å². The van der Waals surface area contributed by atoms with Crippen LogP contribution >= 0.6 is 11.3 Å². The standard InChI is InChI=1S/C26H21N3S/c1-2-6-22-19(5-1)21(16-27-22)20-15-24(20)28-18-12-9-17(10-13-18)11-14-26-29-23-7-3-4-8-25(23)30-26/h1-14,16,20,24,27-28H,15H2. The van der Waals surface area contributed by atoms with E-state index in [2.05, 4.69) is 100 Å². The smallest absolute Gasteiger partial charge is 0.117 e. The number of aromatic nitrogens is 2. The number of rotatable bonds is 5. The van der Waals surface area contributed by atoms with Crippen molar-refractivity contribution in [2.45, 2.75) is 18.4 Å². The first-order valence-corrected chi connectivity index (χ1v) is 11.1. The van der Waals surface area contributed by atoms with Gasteiger partial charge in [0.1, 0.15) is 5.01 Å². The van der Waals surface area contributed by atoms with Crippen molar-refractivity contribution in [3.8, 4) is 0 Å². The zero-order chi connectivity index (χ0) is 19.9. The van der Waals surface area contributed by atoms with Crippen molar-refractivity contribution in [2.24, 2.45) is 0 Å². The summed E-state index contributed by atoms with van der Waals surface area (Å²) in [6.07, 6.45) is 7.59. The highest BCUT2D eigenvalue weighted by molar-refractivity contribution is 7.19. The molecule has 3 aromatic carbocycles. The number of para-hydroxylation sites is 2. The van der Waals surface area contributed by atoms with Gasteiger partial charge in [-0.2, -0.15) is 0 Å². The van der Waals surface area contributed by atoms with Crippen molar-refractivity contribution in [1.82, 2.24) is 9.97 Å². The molecule has 2 heterocycles. The van der Waals surface area contributed by atoms with Crippen molar-refractivity contribution >= 4 is 50.3 Å². The lowest BCUT2D eigenvalue weighted by Gasteiger charge is -2.06. The van der Waals surface area contributed by atoms with Crippen LogP contribution < -0.4 is 5.32 Å². The molecule has 0 spiro atoms. The number of anilines is 1. The molecule has 4 heteroatoms. The van der Waals surface area contributed by atoms with Gasteiger partial charge in [0.15, 0.2) is 0 Å². The van der Waals surface area contributed by atoms with Crippen molar-refractivity contribution in [3.63, 3.8) is 0 Å². The third-order valence-electron chi connectivity index (χ3n) is 5.80. The van der Waals surface area contributed by atoms with E-state index in [1.54, 1.807) is 11.3 Å². The minimum atomic E-state index is 0.508. The lowest BCUT2D eigenvalue weighted by Crippen LogP contribution is -2.03. The number of H-pyrrole nitrogens is 1. The Bertz CT molecular complexity index is 1330. The van der Waals surface area contributed by atoms with Crippen molar-refractivity contribution in [3.05, 3.63) is 95.1 Å². The quantitative estimate of drug-likeness (QED) is 0.332. The lowest BCUT2D eigenvalue weighted by atomic mass is 10.1. The molecule has 1 fully saturated rings. The van der Waals surface area contributed by atoms with Crippen LogP contribution in [0.1, 0.15) is 28.5 Å². The number of fused-ring (bicyclic) bond motifs is 2. The predicted molar refractivity (Wildman–Crippen MR) is 128 cm³/mol. The minimum Gasteiger partial charge on any atom is -0.382 e. The summed E-state index contributed by atoms with van der Waals surface area (Å²) in [7, 11) is 0. The second kappa shape index (κ2) is 7.15. The predicted octanol–water partition coefficient (Wildman–Crippen LogP) is 6.92. The average molecular weight is 408 g/mol. The summed E-state index contributed by atoms with van der Waals surface area (Å²) in [6, 6.07) is 26.0. The molecule has 30 heavy (non-hydrogen) atoms. The normalized spacial score (nSPS) is 18.4. The largest absolute Gasteiger partial charge is 0.382 e. The third-order valence-corrected chi connectivity index (χ3v) is 6.80. The van der Waals surface area contributed by atoms with E-state index in [0.717, 1.165) is 10.5 Å². The molecular formula is C26H21N3S. The van der Waals surface area contributed by atoms with Crippen LogP contribution in [0.25, 0.3) is 33.3 Å². The summed E-state index contributed by atoms with van der Waals surface area (Å²) in [5, 5.41) is 6.08. The maximum absolute atomic E-state index is 4.66. The molecule has 6 rings (SSSR count).